The minimum Gasteiger partial charge on any atom is -0.397 e. The summed E-state index contributed by atoms with van der Waals surface area (Å²) in [5.41, 5.74) is 11.3. The molecule has 0 aliphatic heterocycles. The predicted molar refractivity (Wildman–Crippen MR) is 95.1 cm³/mol. The van der Waals surface area contributed by atoms with Crippen molar-refractivity contribution in [1.29, 1.82) is 0 Å². The van der Waals surface area contributed by atoms with E-state index in [1.54, 1.807) is 12.1 Å². The van der Waals surface area contributed by atoms with E-state index >= 15 is 0 Å². The first-order chi connectivity index (χ1) is 10.9. The minimum atomic E-state index is -0.430. The zero-order chi connectivity index (χ0) is 17.0. The van der Waals surface area contributed by atoms with Crippen LogP contribution < -0.4 is 16.4 Å². The minimum absolute atomic E-state index is 0.00676. The van der Waals surface area contributed by atoms with Gasteiger partial charge in [0.2, 0.25) is 0 Å². The number of aryl methyl sites for hydroxylation is 3. The van der Waals surface area contributed by atoms with Gasteiger partial charge in [0.25, 0.3) is 5.69 Å². The largest absolute Gasteiger partial charge is 0.397 e. The molecule has 0 unspecified atom stereocenters. The molecule has 0 aliphatic carbocycles. The van der Waals surface area contributed by atoms with Crippen LogP contribution in [0.4, 0.5) is 22.7 Å². The van der Waals surface area contributed by atoms with Gasteiger partial charge in [0.05, 0.1) is 10.6 Å². The average molecular weight is 314 g/mol. The Morgan fingerprint density at radius 3 is 2.17 bits per heavy atom. The van der Waals surface area contributed by atoms with E-state index in [0.717, 1.165) is 5.69 Å². The first-order valence-electron chi connectivity index (χ1n) is 7.48. The molecule has 2 aromatic carbocycles. The Bertz CT molecular complexity index is 706. The molecule has 0 fully saturated rings. The van der Waals surface area contributed by atoms with Gasteiger partial charge in [0.1, 0.15) is 5.69 Å². The fourth-order valence-electron chi connectivity index (χ4n) is 2.74. The maximum Gasteiger partial charge on any atom is 0.294 e. The van der Waals surface area contributed by atoms with Gasteiger partial charge in [0.15, 0.2) is 0 Å². The molecule has 0 atom stereocenters. The first-order valence-corrected chi connectivity index (χ1v) is 7.48. The molecule has 0 aromatic heterocycles. The highest BCUT2D eigenvalue weighted by molar-refractivity contribution is 5.76. The van der Waals surface area contributed by atoms with Crippen LogP contribution in [0.3, 0.4) is 0 Å². The number of nitrogen functional groups attached to an aromatic ring is 1. The maximum atomic E-state index is 11.0. The lowest BCUT2D eigenvalue weighted by Crippen LogP contribution is -2.16. The fourth-order valence-corrected chi connectivity index (χ4v) is 2.74. The van der Waals surface area contributed by atoms with Gasteiger partial charge in [-0.25, -0.2) is 0 Å². The number of benzene rings is 2. The number of anilines is 3. The second-order valence-electron chi connectivity index (χ2n) is 5.63. The quantitative estimate of drug-likeness (QED) is 0.328. The molecule has 2 rings (SSSR count). The number of nitrogens with one attached hydrogen (secondary N) is 2. The number of nitrogens with two attached hydrogens (primary N) is 1. The summed E-state index contributed by atoms with van der Waals surface area (Å²) in [6.45, 7) is 7.37. The molecule has 0 saturated heterocycles. The van der Waals surface area contributed by atoms with Crippen LogP contribution >= 0.6 is 0 Å². The van der Waals surface area contributed by atoms with Gasteiger partial charge in [-0.15, -0.1) is 0 Å². The molecule has 0 radical (unpaired) electrons. The molecule has 0 bridgehead atoms. The van der Waals surface area contributed by atoms with Gasteiger partial charge < -0.3 is 16.4 Å². The molecule has 23 heavy (non-hydrogen) atoms. The highest BCUT2D eigenvalue weighted by Crippen LogP contribution is 2.29. The molecule has 0 aliphatic rings. The molecule has 6 nitrogen and oxygen atoms in total. The van der Waals surface area contributed by atoms with E-state index in [-0.39, 0.29) is 5.69 Å². The Morgan fingerprint density at radius 1 is 1.04 bits per heavy atom. The van der Waals surface area contributed by atoms with Crippen molar-refractivity contribution in [3.63, 3.8) is 0 Å². The Hall–Kier alpha value is -2.76. The first kappa shape index (κ1) is 16.6. The van der Waals surface area contributed by atoms with Gasteiger partial charge in [-0.2, -0.15) is 0 Å². The van der Waals surface area contributed by atoms with Crippen molar-refractivity contribution < 1.29 is 4.92 Å². The lowest BCUT2D eigenvalue weighted by atomic mass is 10.1. The summed E-state index contributed by atoms with van der Waals surface area (Å²) in [6.07, 6.45) is 0. The summed E-state index contributed by atoms with van der Waals surface area (Å²) < 4.78 is 0. The lowest BCUT2D eigenvalue weighted by Gasteiger charge is -2.15. The SMILES string of the molecule is Cc1cc(C)c(NCCNc2c(N)cccc2[N+](=O)[O-])c(C)c1. The maximum absolute atomic E-state index is 11.0. The van der Waals surface area contributed by atoms with Crippen molar-refractivity contribution in [2.75, 3.05) is 29.5 Å². The topological polar surface area (TPSA) is 93.2 Å². The number of rotatable bonds is 6. The summed E-state index contributed by atoms with van der Waals surface area (Å²) in [4.78, 5) is 10.6. The molecule has 0 spiro atoms. The third-order valence-corrected chi connectivity index (χ3v) is 3.68. The van der Waals surface area contributed by atoms with Crippen molar-refractivity contribution in [1.82, 2.24) is 0 Å². The van der Waals surface area contributed by atoms with E-state index < -0.39 is 4.92 Å². The zero-order valence-corrected chi connectivity index (χ0v) is 13.6. The van der Waals surface area contributed by atoms with Gasteiger partial charge in [-0.05, 0) is 38.0 Å². The molecule has 4 N–H and O–H groups in total. The second kappa shape index (κ2) is 7.00. The Labute approximate surface area is 135 Å². The monoisotopic (exact) mass is 314 g/mol. The normalized spacial score (nSPS) is 10.4. The van der Waals surface area contributed by atoms with Crippen LogP contribution in [0.25, 0.3) is 0 Å². The average Bonchev–Trinajstić information content (AvgIpc) is 2.46. The number of nitrogens with zero attached hydrogens (tertiary/aromatic N) is 1. The molecule has 2 aromatic rings. The number of nitro groups is 1. The fraction of sp³-hybridized carbons (Fsp3) is 0.294. The van der Waals surface area contributed by atoms with Crippen molar-refractivity contribution >= 4 is 22.7 Å². The van der Waals surface area contributed by atoms with Crippen LogP contribution in [0.5, 0.6) is 0 Å². The standard InChI is InChI=1S/C17H22N4O2/c1-11-9-12(2)16(13(3)10-11)19-7-8-20-17-14(18)5-4-6-15(17)21(22)23/h4-6,9-10,19-20H,7-8,18H2,1-3H3. The summed E-state index contributed by atoms with van der Waals surface area (Å²) in [6, 6.07) is 8.93. The second-order valence-corrected chi connectivity index (χ2v) is 5.63. The van der Waals surface area contributed by atoms with Crippen molar-refractivity contribution in [2.24, 2.45) is 0 Å². The van der Waals surface area contributed by atoms with Gasteiger partial charge in [-0.1, -0.05) is 23.8 Å². The zero-order valence-electron chi connectivity index (χ0n) is 13.6. The number of hydrogen-bond donors (Lipinski definition) is 3. The van der Waals surface area contributed by atoms with E-state index in [9.17, 15) is 10.1 Å². The van der Waals surface area contributed by atoms with E-state index in [1.807, 2.05) is 0 Å². The summed E-state index contributed by atoms with van der Waals surface area (Å²) in [5.74, 6) is 0. The summed E-state index contributed by atoms with van der Waals surface area (Å²) in [5, 5.41) is 17.5. The van der Waals surface area contributed by atoms with Crippen LogP contribution in [-0.4, -0.2) is 18.0 Å². The van der Waals surface area contributed by atoms with Crippen LogP contribution in [-0.2, 0) is 0 Å². The van der Waals surface area contributed by atoms with Crippen LogP contribution in [0.2, 0.25) is 0 Å². The number of nitro benzene ring substituents is 1. The van der Waals surface area contributed by atoms with Crippen LogP contribution in [0.1, 0.15) is 16.7 Å². The Morgan fingerprint density at radius 2 is 1.61 bits per heavy atom. The molecular formula is C17H22N4O2. The molecule has 6 heteroatoms. The van der Waals surface area contributed by atoms with Crippen molar-refractivity contribution in [3.05, 3.63) is 57.1 Å². The van der Waals surface area contributed by atoms with Gasteiger partial charge >= 0.3 is 0 Å². The molecular weight excluding hydrogens is 292 g/mol. The van der Waals surface area contributed by atoms with E-state index in [0.29, 0.717) is 24.5 Å². The Kier molecular flexibility index (Phi) is 5.05. The third-order valence-electron chi connectivity index (χ3n) is 3.68. The van der Waals surface area contributed by atoms with Crippen molar-refractivity contribution in [3.8, 4) is 0 Å². The molecule has 122 valence electrons. The van der Waals surface area contributed by atoms with Crippen LogP contribution in [0.15, 0.2) is 30.3 Å². The molecule has 0 saturated carbocycles. The smallest absolute Gasteiger partial charge is 0.294 e. The van der Waals surface area contributed by atoms with Gasteiger partial charge in [0, 0.05) is 24.8 Å². The Balaban J connectivity index is 2.01. The predicted octanol–water partition coefficient (Wildman–Crippen LogP) is 3.63. The molecule has 0 amide bonds. The van der Waals surface area contributed by atoms with E-state index in [1.165, 1.54) is 22.8 Å². The van der Waals surface area contributed by atoms with E-state index in [4.69, 9.17) is 5.73 Å². The number of para-hydroxylation sites is 1. The van der Waals surface area contributed by atoms with Gasteiger partial charge in [-0.3, -0.25) is 10.1 Å². The summed E-state index contributed by atoms with van der Waals surface area (Å²) >= 11 is 0. The van der Waals surface area contributed by atoms with Crippen LogP contribution in [0, 0.1) is 30.9 Å². The van der Waals surface area contributed by atoms with E-state index in [2.05, 4.69) is 43.5 Å². The number of hydrogen-bond acceptors (Lipinski definition) is 5. The highest BCUT2D eigenvalue weighted by atomic mass is 16.6. The highest BCUT2D eigenvalue weighted by Gasteiger charge is 2.15. The van der Waals surface area contributed by atoms with Crippen molar-refractivity contribution in [2.45, 2.75) is 20.8 Å². The lowest BCUT2D eigenvalue weighted by molar-refractivity contribution is -0.383. The third kappa shape index (κ3) is 3.91. The molecule has 0 heterocycles. The summed E-state index contributed by atoms with van der Waals surface area (Å²) in [7, 11) is 0.